The summed E-state index contributed by atoms with van der Waals surface area (Å²) in [5.41, 5.74) is 1.35. The van der Waals surface area contributed by atoms with Crippen LogP contribution in [0.15, 0.2) is 47.8 Å². The van der Waals surface area contributed by atoms with Crippen LogP contribution in [-0.4, -0.2) is 21.8 Å². The molecule has 0 fully saturated rings. The molecule has 112 valence electrons. The van der Waals surface area contributed by atoms with E-state index in [9.17, 15) is 4.79 Å². The number of nitrogens with zero attached hydrogens (tertiary/aromatic N) is 3. The highest BCUT2D eigenvalue weighted by atomic mass is 35.5. The van der Waals surface area contributed by atoms with Crippen LogP contribution in [0.1, 0.15) is 24.3 Å². The van der Waals surface area contributed by atoms with Gasteiger partial charge in [-0.1, -0.05) is 23.2 Å². The Morgan fingerprint density at radius 3 is 2.59 bits per heavy atom. The second-order valence-corrected chi connectivity index (χ2v) is 5.49. The van der Waals surface area contributed by atoms with E-state index in [4.69, 9.17) is 27.9 Å². The number of benzene rings is 1. The zero-order valence-corrected chi connectivity index (χ0v) is 13.0. The smallest absolute Gasteiger partial charge is 0.243 e. The molecule has 7 heteroatoms. The summed E-state index contributed by atoms with van der Waals surface area (Å²) >= 11 is 12.1. The highest BCUT2D eigenvalue weighted by Crippen LogP contribution is 2.32. The molecule has 1 amide bonds. The maximum absolute atomic E-state index is 11.8. The normalized spacial score (nSPS) is 17.1. The average molecular weight is 336 g/mol. The molecule has 0 radical (unpaired) electrons. The maximum Gasteiger partial charge on any atom is 0.243 e. The number of ether oxygens (including phenoxy) is 1. The second kappa shape index (κ2) is 5.94. The van der Waals surface area contributed by atoms with Gasteiger partial charge < -0.3 is 4.74 Å². The zero-order chi connectivity index (χ0) is 15.7. The monoisotopic (exact) mass is 335 g/mol. The summed E-state index contributed by atoms with van der Waals surface area (Å²) in [5.74, 6) is 0.0422. The number of carbonyl (C=O) groups is 1. The minimum absolute atomic E-state index is 0.234. The number of halogens is 2. The van der Waals surface area contributed by atoms with Crippen molar-refractivity contribution in [1.82, 2.24) is 9.99 Å². The predicted molar refractivity (Wildman–Crippen MR) is 83.6 cm³/mol. The molecule has 1 unspecified atom stereocenters. The van der Waals surface area contributed by atoms with Crippen LogP contribution in [0.25, 0.3) is 0 Å². The molecular weight excluding hydrogens is 325 g/mol. The van der Waals surface area contributed by atoms with E-state index in [1.807, 2.05) is 0 Å². The molecule has 5 nitrogen and oxygen atoms in total. The first-order chi connectivity index (χ1) is 10.6. The summed E-state index contributed by atoms with van der Waals surface area (Å²) in [5, 5.41) is 6.43. The largest absolute Gasteiger partial charge is 0.446 e. The third kappa shape index (κ3) is 2.77. The van der Waals surface area contributed by atoms with Gasteiger partial charge in [-0.15, -0.1) is 5.10 Å². The molecule has 1 aliphatic rings. The SMILES string of the molecule is CC(=O)N1N=C(c2ccc(Cl)cc2Cl)OC1c1ccncc1. The van der Waals surface area contributed by atoms with Crippen LogP contribution in [0.4, 0.5) is 0 Å². The molecule has 2 aromatic rings. The summed E-state index contributed by atoms with van der Waals surface area (Å²) in [4.78, 5) is 15.8. The average Bonchev–Trinajstić information content (AvgIpc) is 2.93. The van der Waals surface area contributed by atoms with Gasteiger partial charge in [0, 0.05) is 29.9 Å². The number of carbonyl (C=O) groups excluding carboxylic acids is 1. The van der Waals surface area contributed by atoms with Crippen molar-refractivity contribution in [3.8, 4) is 0 Å². The summed E-state index contributed by atoms with van der Waals surface area (Å²) in [6, 6.07) is 8.52. The van der Waals surface area contributed by atoms with E-state index in [1.54, 1.807) is 42.7 Å². The molecule has 22 heavy (non-hydrogen) atoms. The molecule has 1 atom stereocenters. The number of rotatable bonds is 2. The van der Waals surface area contributed by atoms with Crippen LogP contribution in [0.2, 0.25) is 10.0 Å². The van der Waals surface area contributed by atoms with Crippen LogP contribution < -0.4 is 0 Å². The van der Waals surface area contributed by atoms with E-state index in [-0.39, 0.29) is 11.8 Å². The Balaban J connectivity index is 1.98. The molecule has 1 aromatic carbocycles. The molecule has 0 saturated carbocycles. The van der Waals surface area contributed by atoms with Crippen molar-refractivity contribution in [2.45, 2.75) is 13.2 Å². The summed E-state index contributed by atoms with van der Waals surface area (Å²) < 4.78 is 5.83. The highest BCUT2D eigenvalue weighted by molar-refractivity contribution is 6.36. The second-order valence-electron chi connectivity index (χ2n) is 4.64. The van der Waals surface area contributed by atoms with Gasteiger partial charge in [0.25, 0.3) is 0 Å². The molecule has 1 aliphatic heterocycles. The number of pyridine rings is 1. The molecule has 2 heterocycles. The molecular formula is C15H11Cl2N3O2. The van der Waals surface area contributed by atoms with Crippen molar-refractivity contribution in [1.29, 1.82) is 0 Å². The van der Waals surface area contributed by atoms with Crippen molar-refractivity contribution in [3.05, 3.63) is 63.9 Å². The molecule has 0 N–H and O–H groups in total. The lowest BCUT2D eigenvalue weighted by molar-refractivity contribution is -0.135. The van der Waals surface area contributed by atoms with Gasteiger partial charge in [-0.05, 0) is 30.3 Å². The van der Waals surface area contributed by atoms with Gasteiger partial charge in [-0.3, -0.25) is 9.78 Å². The van der Waals surface area contributed by atoms with Crippen molar-refractivity contribution in [2.24, 2.45) is 5.10 Å². The number of hydrogen-bond donors (Lipinski definition) is 0. The predicted octanol–water partition coefficient (Wildman–Crippen LogP) is 3.63. The van der Waals surface area contributed by atoms with Gasteiger partial charge in [0.15, 0.2) is 0 Å². The van der Waals surface area contributed by atoms with E-state index in [1.165, 1.54) is 11.9 Å². The Labute approximate surface area is 137 Å². The number of hydrogen-bond acceptors (Lipinski definition) is 4. The van der Waals surface area contributed by atoms with Crippen molar-refractivity contribution in [2.75, 3.05) is 0 Å². The van der Waals surface area contributed by atoms with Crippen molar-refractivity contribution < 1.29 is 9.53 Å². The minimum Gasteiger partial charge on any atom is -0.446 e. The molecule has 0 spiro atoms. The number of amides is 1. The van der Waals surface area contributed by atoms with Gasteiger partial charge in [-0.25, -0.2) is 0 Å². The Kier molecular flexibility index (Phi) is 4.00. The van der Waals surface area contributed by atoms with E-state index in [2.05, 4.69) is 10.1 Å². The zero-order valence-electron chi connectivity index (χ0n) is 11.5. The van der Waals surface area contributed by atoms with E-state index in [0.717, 1.165) is 5.56 Å². The fourth-order valence-corrected chi connectivity index (χ4v) is 2.57. The fourth-order valence-electron chi connectivity index (χ4n) is 2.08. The van der Waals surface area contributed by atoms with Crippen LogP contribution in [-0.2, 0) is 9.53 Å². The quantitative estimate of drug-likeness (QED) is 0.842. The topological polar surface area (TPSA) is 54.8 Å². The third-order valence-corrected chi connectivity index (χ3v) is 3.67. The maximum atomic E-state index is 11.8. The van der Waals surface area contributed by atoms with Crippen LogP contribution in [0.5, 0.6) is 0 Å². The Morgan fingerprint density at radius 2 is 1.95 bits per heavy atom. The first kappa shape index (κ1) is 14.8. The Bertz CT molecular complexity index is 750. The Morgan fingerprint density at radius 1 is 1.23 bits per heavy atom. The Hall–Kier alpha value is -2.11. The molecule has 1 aromatic heterocycles. The van der Waals surface area contributed by atoms with E-state index >= 15 is 0 Å². The summed E-state index contributed by atoms with van der Waals surface area (Å²) in [6.07, 6.45) is 2.62. The van der Waals surface area contributed by atoms with Gasteiger partial charge >= 0.3 is 0 Å². The fraction of sp³-hybridized carbons (Fsp3) is 0.133. The van der Waals surface area contributed by atoms with Crippen molar-refractivity contribution >= 4 is 35.0 Å². The van der Waals surface area contributed by atoms with Crippen LogP contribution >= 0.6 is 23.2 Å². The standard InChI is InChI=1S/C15H11Cl2N3O2/c1-9(21)20-15(10-4-6-18-7-5-10)22-14(19-20)12-3-2-11(16)8-13(12)17/h2-8,15H,1H3. The lowest BCUT2D eigenvalue weighted by Gasteiger charge is -2.18. The minimum atomic E-state index is -0.637. The first-order valence-corrected chi connectivity index (χ1v) is 7.22. The molecule has 0 bridgehead atoms. The molecule has 0 saturated heterocycles. The molecule has 0 aliphatic carbocycles. The number of hydrazone groups is 1. The van der Waals surface area contributed by atoms with Gasteiger partial charge in [0.1, 0.15) is 0 Å². The number of aromatic nitrogens is 1. The highest BCUT2D eigenvalue weighted by Gasteiger charge is 2.33. The van der Waals surface area contributed by atoms with Gasteiger partial charge in [0.2, 0.25) is 18.0 Å². The van der Waals surface area contributed by atoms with Gasteiger partial charge in [-0.2, -0.15) is 5.01 Å². The molecule has 3 rings (SSSR count). The van der Waals surface area contributed by atoms with E-state index in [0.29, 0.717) is 15.6 Å². The third-order valence-electron chi connectivity index (χ3n) is 3.12. The summed E-state index contributed by atoms with van der Waals surface area (Å²) in [6.45, 7) is 1.42. The van der Waals surface area contributed by atoms with Crippen molar-refractivity contribution in [3.63, 3.8) is 0 Å². The van der Waals surface area contributed by atoms with E-state index < -0.39 is 6.23 Å². The van der Waals surface area contributed by atoms with Crippen LogP contribution in [0, 0.1) is 0 Å². The first-order valence-electron chi connectivity index (χ1n) is 6.46. The lowest BCUT2D eigenvalue weighted by atomic mass is 10.2. The van der Waals surface area contributed by atoms with Crippen LogP contribution in [0.3, 0.4) is 0 Å². The lowest BCUT2D eigenvalue weighted by Crippen LogP contribution is -2.25. The van der Waals surface area contributed by atoms with Gasteiger partial charge in [0.05, 0.1) is 10.6 Å². The summed E-state index contributed by atoms with van der Waals surface area (Å²) in [7, 11) is 0.